The van der Waals surface area contributed by atoms with E-state index in [9.17, 15) is 0 Å². The lowest BCUT2D eigenvalue weighted by Crippen LogP contribution is -2.33. The molecular weight excluding hydrogens is 260 g/mol. The van der Waals surface area contributed by atoms with Gasteiger partial charge in [0.05, 0.1) is 29.9 Å². The molecular formula is C11H11BrO3. The minimum Gasteiger partial charge on any atom is -0.492 e. The SMILES string of the molecule is Brc1cccc2c1OCCC21OCCO1. The van der Waals surface area contributed by atoms with Crippen LogP contribution in [0.2, 0.25) is 0 Å². The molecule has 2 aliphatic rings. The van der Waals surface area contributed by atoms with Gasteiger partial charge < -0.3 is 14.2 Å². The Kier molecular flexibility index (Phi) is 2.23. The molecule has 80 valence electrons. The van der Waals surface area contributed by atoms with Gasteiger partial charge in [-0.1, -0.05) is 6.07 Å². The van der Waals surface area contributed by atoms with Crippen molar-refractivity contribution in [1.82, 2.24) is 0 Å². The summed E-state index contributed by atoms with van der Waals surface area (Å²) in [5, 5.41) is 0. The topological polar surface area (TPSA) is 27.7 Å². The molecule has 0 aliphatic carbocycles. The van der Waals surface area contributed by atoms with Crippen molar-refractivity contribution in [3.8, 4) is 5.75 Å². The molecule has 0 atom stereocenters. The van der Waals surface area contributed by atoms with Gasteiger partial charge in [0.2, 0.25) is 5.79 Å². The van der Waals surface area contributed by atoms with Crippen LogP contribution < -0.4 is 4.74 Å². The minimum atomic E-state index is -0.558. The molecule has 0 bridgehead atoms. The molecule has 1 aromatic rings. The molecule has 3 rings (SSSR count). The van der Waals surface area contributed by atoms with Crippen molar-refractivity contribution in [3.63, 3.8) is 0 Å². The van der Waals surface area contributed by atoms with E-state index < -0.39 is 5.79 Å². The molecule has 3 nitrogen and oxygen atoms in total. The van der Waals surface area contributed by atoms with Crippen molar-refractivity contribution in [3.05, 3.63) is 28.2 Å². The second-order valence-corrected chi connectivity index (χ2v) is 4.52. The molecule has 0 unspecified atom stereocenters. The van der Waals surface area contributed by atoms with Crippen LogP contribution in [0.25, 0.3) is 0 Å². The maximum atomic E-state index is 5.74. The number of ether oxygens (including phenoxy) is 3. The Morgan fingerprint density at radius 3 is 2.73 bits per heavy atom. The van der Waals surface area contributed by atoms with E-state index in [0.717, 1.165) is 22.2 Å². The van der Waals surface area contributed by atoms with Crippen molar-refractivity contribution in [1.29, 1.82) is 0 Å². The molecule has 0 radical (unpaired) electrons. The lowest BCUT2D eigenvalue weighted by molar-refractivity contribution is -0.183. The third-order valence-corrected chi connectivity index (χ3v) is 3.43. The van der Waals surface area contributed by atoms with Gasteiger partial charge >= 0.3 is 0 Å². The minimum absolute atomic E-state index is 0.558. The second kappa shape index (κ2) is 3.47. The Bertz CT molecular complexity index is 385. The first-order valence-electron chi connectivity index (χ1n) is 5.01. The van der Waals surface area contributed by atoms with Gasteiger partial charge in [-0.2, -0.15) is 0 Å². The van der Waals surface area contributed by atoms with Crippen molar-refractivity contribution in [2.75, 3.05) is 19.8 Å². The summed E-state index contributed by atoms with van der Waals surface area (Å²) in [7, 11) is 0. The molecule has 4 heteroatoms. The third-order valence-electron chi connectivity index (χ3n) is 2.81. The van der Waals surface area contributed by atoms with Crippen LogP contribution in [0.3, 0.4) is 0 Å². The molecule has 0 aromatic heterocycles. The van der Waals surface area contributed by atoms with E-state index in [2.05, 4.69) is 15.9 Å². The smallest absolute Gasteiger partial charge is 0.201 e. The zero-order chi connectivity index (χ0) is 10.3. The summed E-state index contributed by atoms with van der Waals surface area (Å²) in [4.78, 5) is 0. The Balaban J connectivity index is 2.14. The Hall–Kier alpha value is -0.580. The van der Waals surface area contributed by atoms with Crippen LogP contribution in [0.5, 0.6) is 5.75 Å². The number of para-hydroxylation sites is 1. The molecule has 0 amide bonds. The molecule has 1 saturated heterocycles. The number of hydrogen-bond donors (Lipinski definition) is 0. The number of fused-ring (bicyclic) bond motifs is 2. The van der Waals surface area contributed by atoms with E-state index in [4.69, 9.17) is 14.2 Å². The summed E-state index contributed by atoms with van der Waals surface area (Å²) < 4.78 is 18.1. The van der Waals surface area contributed by atoms with Gasteiger partial charge in [-0.3, -0.25) is 0 Å². The first-order chi connectivity index (χ1) is 7.32. The number of benzene rings is 1. The Morgan fingerprint density at radius 2 is 1.93 bits per heavy atom. The average molecular weight is 271 g/mol. The van der Waals surface area contributed by atoms with E-state index in [1.807, 2.05) is 18.2 Å². The van der Waals surface area contributed by atoms with Gasteiger partial charge in [0, 0.05) is 6.42 Å². The molecule has 2 aliphatic heterocycles. The highest BCUT2D eigenvalue weighted by molar-refractivity contribution is 9.10. The maximum absolute atomic E-state index is 5.74. The quantitative estimate of drug-likeness (QED) is 0.725. The van der Waals surface area contributed by atoms with E-state index in [0.29, 0.717) is 19.8 Å². The van der Waals surface area contributed by atoms with Gasteiger partial charge in [0.25, 0.3) is 0 Å². The van der Waals surface area contributed by atoms with E-state index in [1.165, 1.54) is 0 Å². The Morgan fingerprint density at radius 1 is 1.13 bits per heavy atom. The van der Waals surface area contributed by atoms with Gasteiger partial charge in [-0.05, 0) is 28.1 Å². The highest BCUT2D eigenvalue weighted by atomic mass is 79.9. The van der Waals surface area contributed by atoms with Crippen LogP contribution in [-0.4, -0.2) is 19.8 Å². The molecule has 0 N–H and O–H groups in total. The summed E-state index contributed by atoms with van der Waals surface area (Å²) in [6.45, 7) is 1.95. The van der Waals surface area contributed by atoms with E-state index in [1.54, 1.807) is 0 Å². The van der Waals surface area contributed by atoms with Crippen LogP contribution in [0.1, 0.15) is 12.0 Å². The summed E-state index contributed by atoms with van der Waals surface area (Å²) in [5.74, 6) is 0.294. The summed E-state index contributed by atoms with van der Waals surface area (Å²) in [6, 6.07) is 5.95. The van der Waals surface area contributed by atoms with Gasteiger partial charge in [-0.25, -0.2) is 0 Å². The first kappa shape index (κ1) is 9.63. The van der Waals surface area contributed by atoms with E-state index in [-0.39, 0.29) is 0 Å². The van der Waals surface area contributed by atoms with Crippen LogP contribution in [-0.2, 0) is 15.3 Å². The van der Waals surface area contributed by atoms with Gasteiger partial charge in [-0.15, -0.1) is 0 Å². The third kappa shape index (κ3) is 1.40. The molecule has 0 saturated carbocycles. The van der Waals surface area contributed by atoms with Crippen molar-refractivity contribution >= 4 is 15.9 Å². The first-order valence-corrected chi connectivity index (χ1v) is 5.81. The normalized spacial score (nSPS) is 22.5. The van der Waals surface area contributed by atoms with Crippen LogP contribution in [0.15, 0.2) is 22.7 Å². The number of halogens is 1. The largest absolute Gasteiger partial charge is 0.492 e. The van der Waals surface area contributed by atoms with E-state index >= 15 is 0 Å². The van der Waals surface area contributed by atoms with Crippen molar-refractivity contribution < 1.29 is 14.2 Å². The fourth-order valence-electron chi connectivity index (χ4n) is 2.13. The summed E-state index contributed by atoms with van der Waals surface area (Å²) >= 11 is 3.48. The summed E-state index contributed by atoms with van der Waals surface area (Å²) in [5.41, 5.74) is 1.00. The zero-order valence-electron chi connectivity index (χ0n) is 8.16. The molecule has 1 spiro atoms. The zero-order valence-corrected chi connectivity index (χ0v) is 9.75. The Labute approximate surface area is 96.5 Å². The lowest BCUT2D eigenvalue weighted by Gasteiger charge is -2.33. The molecule has 1 aromatic carbocycles. The standard InChI is InChI=1S/C11H11BrO3/c12-9-3-1-2-8-10(9)13-5-4-11(8)14-6-7-15-11/h1-3H,4-7H2. The van der Waals surface area contributed by atoms with Gasteiger partial charge in [0.15, 0.2) is 0 Å². The van der Waals surface area contributed by atoms with Crippen LogP contribution >= 0.6 is 15.9 Å². The average Bonchev–Trinajstić information content (AvgIpc) is 2.70. The second-order valence-electron chi connectivity index (χ2n) is 3.66. The highest BCUT2D eigenvalue weighted by Gasteiger charge is 2.43. The summed E-state index contributed by atoms with van der Waals surface area (Å²) in [6.07, 6.45) is 0.760. The molecule has 1 fully saturated rings. The number of rotatable bonds is 0. The monoisotopic (exact) mass is 270 g/mol. The van der Waals surface area contributed by atoms with Crippen LogP contribution in [0, 0.1) is 0 Å². The van der Waals surface area contributed by atoms with Gasteiger partial charge in [0.1, 0.15) is 5.75 Å². The van der Waals surface area contributed by atoms with Crippen molar-refractivity contribution in [2.24, 2.45) is 0 Å². The maximum Gasteiger partial charge on any atom is 0.201 e. The van der Waals surface area contributed by atoms with Crippen molar-refractivity contribution in [2.45, 2.75) is 12.2 Å². The predicted molar refractivity (Wildman–Crippen MR) is 57.8 cm³/mol. The highest BCUT2D eigenvalue weighted by Crippen LogP contribution is 2.45. The van der Waals surface area contributed by atoms with Crippen LogP contribution in [0.4, 0.5) is 0 Å². The molecule has 15 heavy (non-hydrogen) atoms. The number of hydrogen-bond acceptors (Lipinski definition) is 3. The lowest BCUT2D eigenvalue weighted by atomic mass is 9.99. The predicted octanol–water partition coefficient (Wildman–Crippen LogP) is 2.43. The molecule has 2 heterocycles. The fourth-order valence-corrected chi connectivity index (χ4v) is 2.61. The fraction of sp³-hybridized carbons (Fsp3) is 0.455.